The average Bonchev–Trinajstić information content (AvgIpc) is 3.29. The van der Waals surface area contributed by atoms with Crippen LogP contribution in [0.5, 0.6) is 57.5 Å². The Bertz CT molecular complexity index is 1330. The number of aromatic hydroxyl groups is 2. The van der Waals surface area contributed by atoms with Crippen LogP contribution in [0.1, 0.15) is 234 Å². The summed E-state index contributed by atoms with van der Waals surface area (Å²) in [5, 5.41) is 24.9. The first-order valence-corrected chi connectivity index (χ1v) is 26.5. The SMILES string of the molecule is CCCCCOc1c(O)c(OCCCCC)c(OCCCCC)c(C(C)(C)c2c(OCCCCC)c(OCCCCC)c(O)c(OCCCCC)c2OCCCCC)c1OCCCCC. The molecule has 2 N–H and O–H groups in total. The Morgan fingerprint density at radius 1 is 0.262 bits per heavy atom. The molecule has 2 aromatic carbocycles. The largest absolute Gasteiger partial charge is 0.501 e. The zero-order chi connectivity index (χ0) is 47.7. The maximum atomic E-state index is 12.4. The highest BCUT2D eigenvalue weighted by atomic mass is 16.6. The van der Waals surface area contributed by atoms with E-state index in [2.05, 4.69) is 69.2 Å². The van der Waals surface area contributed by atoms with Gasteiger partial charge in [-0.3, -0.25) is 0 Å². The number of phenols is 2. The monoisotopic (exact) mass is 917 g/mol. The molecule has 0 aromatic heterocycles. The van der Waals surface area contributed by atoms with Crippen molar-refractivity contribution in [3.63, 3.8) is 0 Å². The van der Waals surface area contributed by atoms with E-state index < -0.39 is 5.41 Å². The summed E-state index contributed by atoms with van der Waals surface area (Å²) >= 11 is 0. The lowest BCUT2D eigenvalue weighted by atomic mass is 9.75. The summed E-state index contributed by atoms with van der Waals surface area (Å²) in [6.45, 7) is 24.8. The summed E-state index contributed by atoms with van der Waals surface area (Å²) in [5.41, 5.74) is 0.208. The molecular weight excluding hydrogens is 821 g/mol. The summed E-state index contributed by atoms with van der Waals surface area (Å²) in [6.07, 6.45) is 22.6. The molecule has 0 heterocycles. The van der Waals surface area contributed by atoms with Gasteiger partial charge in [0.15, 0.2) is 23.0 Å². The molecule has 0 fully saturated rings. The predicted octanol–water partition coefficient (Wildman–Crippen LogP) is 16.0. The van der Waals surface area contributed by atoms with Gasteiger partial charge in [-0.2, -0.15) is 0 Å². The van der Waals surface area contributed by atoms with Crippen molar-refractivity contribution < 1.29 is 48.1 Å². The Kier molecular flexibility index (Phi) is 30.7. The van der Waals surface area contributed by atoms with E-state index >= 15 is 0 Å². The van der Waals surface area contributed by atoms with Crippen LogP contribution >= 0.6 is 0 Å². The molecular formula is C55H96O10. The van der Waals surface area contributed by atoms with E-state index in [9.17, 15) is 10.2 Å². The predicted molar refractivity (Wildman–Crippen MR) is 269 cm³/mol. The van der Waals surface area contributed by atoms with E-state index in [0.29, 0.717) is 87.0 Å². The number of benzene rings is 2. The van der Waals surface area contributed by atoms with Crippen LogP contribution in [0.4, 0.5) is 0 Å². The molecule has 0 aliphatic heterocycles. The van der Waals surface area contributed by atoms with Gasteiger partial charge in [0.1, 0.15) is 0 Å². The van der Waals surface area contributed by atoms with Crippen molar-refractivity contribution in [3.8, 4) is 57.5 Å². The van der Waals surface area contributed by atoms with E-state index in [0.717, 1.165) is 154 Å². The summed E-state index contributed by atoms with van der Waals surface area (Å²) in [6, 6.07) is 0. The molecule has 376 valence electrons. The van der Waals surface area contributed by atoms with Gasteiger partial charge in [0.25, 0.3) is 0 Å². The van der Waals surface area contributed by atoms with Gasteiger partial charge in [0.05, 0.1) is 64.0 Å². The van der Waals surface area contributed by atoms with E-state index in [1.54, 1.807) is 0 Å². The van der Waals surface area contributed by atoms with Crippen LogP contribution in [0, 0.1) is 0 Å². The maximum Gasteiger partial charge on any atom is 0.208 e. The highest BCUT2D eigenvalue weighted by Gasteiger charge is 2.45. The lowest BCUT2D eigenvalue weighted by molar-refractivity contribution is 0.210. The summed E-state index contributed by atoms with van der Waals surface area (Å²) in [4.78, 5) is 0. The Labute approximate surface area is 397 Å². The van der Waals surface area contributed by atoms with E-state index in [1.807, 2.05) is 0 Å². The molecule has 0 unspecified atom stereocenters. The van der Waals surface area contributed by atoms with Crippen LogP contribution in [0.2, 0.25) is 0 Å². The van der Waals surface area contributed by atoms with Crippen molar-refractivity contribution >= 4 is 0 Å². The first kappa shape index (κ1) is 57.6. The molecule has 10 heteroatoms. The Morgan fingerprint density at radius 3 is 0.569 bits per heavy atom. The lowest BCUT2D eigenvalue weighted by Crippen LogP contribution is -2.26. The van der Waals surface area contributed by atoms with Gasteiger partial charge >= 0.3 is 0 Å². The minimum atomic E-state index is -1.09. The highest BCUT2D eigenvalue weighted by Crippen LogP contribution is 2.63. The van der Waals surface area contributed by atoms with E-state index in [4.69, 9.17) is 37.9 Å². The minimum Gasteiger partial charge on any atom is -0.501 e. The smallest absolute Gasteiger partial charge is 0.208 e. The third-order valence-electron chi connectivity index (χ3n) is 11.8. The quantitative estimate of drug-likeness (QED) is 0.0624. The zero-order valence-electron chi connectivity index (χ0n) is 43.3. The van der Waals surface area contributed by atoms with Crippen molar-refractivity contribution in [2.45, 2.75) is 229 Å². The molecule has 0 radical (unpaired) electrons. The minimum absolute atomic E-state index is 0.119. The van der Waals surface area contributed by atoms with Gasteiger partial charge in [0.2, 0.25) is 34.5 Å². The van der Waals surface area contributed by atoms with Crippen LogP contribution in [-0.2, 0) is 5.41 Å². The van der Waals surface area contributed by atoms with Crippen LogP contribution in [0.15, 0.2) is 0 Å². The van der Waals surface area contributed by atoms with Crippen LogP contribution in [0.25, 0.3) is 0 Å². The third kappa shape index (κ3) is 18.9. The van der Waals surface area contributed by atoms with Crippen LogP contribution < -0.4 is 37.9 Å². The number of ether oxygens (including phenoxy) is 8. The van der Waals surface area contributed by atoms with Crippen LogP contribution in [0.3, 0.4) is 0 Å². The zero-order valence-corrected chi connectivity index (χ0v) is 43.3. The van der Waals surface area contributed by atoms with Gasteiger partial charge in [0, 0.05) is 5.41 Å². The topological polar surface area (TPSA) is 114 Å². The Balaban J connectivity index is 3.38. The molecule has 65 heavy (non-hydrogen) atoms. The third-order valence-corrected chi connectivity index (χ3v) is 11.8. The Hall–Kier alpha value is -3.56. The molecule has 0 amide bonds. The molecule has 0 saturated carbocycles. The van der Waals surface area contributed by atoms with Crippen molar-refractivity contribution in [1.29, 1.82) is 0 Å². The van der Waals surface area contributed by atoms with Crippen molar-refractivity contribution in [2.24, 2.45) is 0 Å². The molecule has 0 aliphatic carbocycles. The van der Waals surface area contributed by atoms with Crippen molar-refractivity contribution in [1.82, 2.24) is 0 Å². The van der Waals surface area contributed by atoms with Crippen molar-refractivity contribution in [2.75, 3.05) is 52.9 Å². The van der Waals surface area contributed by atoms with Gasteiger partial charge in [-0.05, 0) is 51.4 Å². The molecule has 10 nitrogen and oxygen atoms in total. The molecule has 2 aromatic rings. The second kappa shape index (κ2) is 34.7. The maximum absolute atomic E-state index is 12.4. The second-order valence-corrected chi connectivity index (χ2v) is 18.1. The highest BCUT2D eigenvalue weighted by molar-refractivity contribution is 5.77. The van der Waals surface area contributed by atoms with Crippen LogP contribution in [-0.4, -0.2) is 63.1 Å². The summed E-state index contributed by atoms with van der Waals surface area (Å²) < 4.78 is 54.4. The fourth-order valence-electron chi connectivity index (χ4n) is 7.85. The molecule has 0 aliphatic rings. The second-order valence-electron chi connectivity index (χ2n) is 18.1. The number of hydrogen-bond donors (Lipinski definition) is 2. The number of phenolic OH excluding ortho intramolecular Hbond substituents is 2. The lowest BCUT2D eigenvalue weighted by Gasteiger charge is -2.36. The molecule has 0 saturated heterocycles. The van der Waals surface area contributed by atoms with Gasteiger partial charge in [-0.15, -0.1) is 0 Å². The molecule has 2 rings (SSSR count). The number of unbranched alkanes of at least 4 members (excludes halogenated alkanes) is 16. The standard InChI is InChI=1S/C55H96O10/c1-11-19-27-35-58-47-43(48(59-36-28-20-12-2)52(63-40-32-24-16-6)45(56)51(47)62-39-31-23-15-5)55(9,10)44-49(60-37-29-21-13-3)53(64-41-33-25-17-7)46(57)54(65-42-34-26-18-8)50(44)61-38-30-22-14-4/h56-57H,11-42H2,1-10H3. The first-order chi connectivity index (χ1) is 31.7. The normalized spacial score (nSPS) is 11.5. The molecule has 0 bridgehead atoms. The fraction of sp³-hybridized carbons (Fsp3) is 0.782. The van der Waals surface area contributed by atoms with Gasteiger partial charge in [-0.25, -0.2) is 0 Å². The van der Waals surface area contributed by atoms with Crippen molar-refractivity contribution in [3.05, 3.63) is 11.1 Å². The number of hydrogen-bond acceptors (Lipinski definition) is 10. The number of rotatable bonds is 42. The van der Waals surface area contributed by atoms with Gasteiger partial charge in [-0.1, -0.05) is 172 Å². The molecule has 0 atom stereocenters. The van der Waals surface area contributed by atoms with Gasteiger partial charge < -0.3 is 48.1 Å². The molecule has 0 spiro atoms. The summed E-state index contributed by atoms with van der Waals surface area (Å²) in [5.74, 6) is 2.37. The Morgan fingerprint density at radius 2 is 0.415 bits per heavy atom. The fourth-order valence-corrected chi connectivity index (χ4v) is 7.85. The first-order valence-electron chi connectivity index (χ1n) is 26.5. The summed E-state index contributed by atoms with van der Waals surface area (Å²) in [7, 11) is 0. The average molecular weight is 917 g/mol. The van der Waals surface area contributed by atoms with E-state index in [-0.39, 0.29) is 34.5 Å². The van der Waals surface area contributed by atoms with E-state index in [1.165, 1.54) is 0 Å².